The molecule has 4 rings (SSSR count). The Balaban J connectivity index is 1.64. The molecule has 3 aliphatic rings. The standard InChI is InChI=1S/C51H80N8O8S/c1-12-33(3)44-49(64)59-25-18-19-41(59)50(65)67-43(51(7,8)9)28-32(2)27-42(60)35(5)46-54-38(31-68-46)29-34(4)45(61)55-40(48(63)57(10)36(6)47(62)58(44)11)30-37-20-22-39(23-21-37)66-26-17-15-13-14-16-24-53-56-52/h20-23,29,32-33,35-36,38,40-44,60H,12-19,24-28,30-31H2,1-11H3,(H,55,61)/b34-29+/t32-,33-,35-,36-,38-,40-,41-,42-,43-,44-/m0/s1. The number of rotatable bonds is 13. The van der Waals surface area contributed by atoms with Gasteiger partial charge in [0, 0.05) is 55.8 Å². The molecule has 1 fully saturated rings. The van der Waals surface area contributed by atoms with E-state index in [9.17, 15) is 29.1 Å². The minimum Gasteiger partial charge on any atom is -0.494 e. The second kappa shape index (κ2) is 26.4. The molecule has 1 aromatic rings. The Labute approximate surface area is 409 Å². The third kappa shape index (κ3) is 15.7. The predicted octanol–water partition coefficient (Wildman–Crippen LogP) is 7.91. The number of cyclic esters (lactones) is 1. The summed E-state index contributed by atoms with van der Waals surface area (Å²) in [6.07, 6.45) is 8.07. The third-order valence-corrected chi connectivity index (χ3v) is 15.2. The summed E-state index contributed by atoms with van der Waals surface area (Å²) < 4.78 is 12.3. The van der Waals surface area contributed by atoms with Crippen molar-refractivity contribution < 1.29 is 38.6 Å². The number of fused-ring (bicyclic) bond motifs is 2. The molecule has 3 aliphatic heterocycles. The number of likely N-dealkylation sites (N-methyl/N-ethyl adjacent to an activating group) is 2. The Morgan fingerprint density at radius 3 is 2.32 bits per heavy atom. The molecule has 16 nitrogen and oxygen atoms in total. The lowest BCUT2D eigenvalue weighted by atomic mass is 9.81. The molecule has 0 saturated carbocycles. The number of azide groups is 1. The van der Waals surface area contributed by atoms with Crippen molar-refractivity contribution in [2.75, 3.05) is 39.5 Å². The lowest BCUT2D eigenvalue weighted by molar-refractivity contribution is -0.166. The van der Waals surface area contributed by atoms with E-state index in [0.29, 0.717) is 68.9 Å². The van der Waals surface area contributed by atoms with Gasteiger partial charge < -0.3 is 34.6 Å². The van der Waals surface area contributed by atoms with Crippen molar-refractivity contribution in [2.45, 2.75) is 175 Å². The number of carbonyl (C=O) groups excluding carboxylic acids is 5. The monoisotopic (exact) mass is 965 g/mol. The zero-order valence-corrected chi connectivity index (χ0v) is 43.4. The topological polar surface area (TPSA) is 207 Å². The van der Waals surface area contributed by atoms with Crippen LogP contribution in [0, 0.1) is 23.2 Å². The molecule has 378 valence electrons. The number of esters is 1. The number of amides is 4. The Morgan fingerprint density at radius 1 is 0.985 bits per heavy atom. The molecule has 3 heterocycles. The Kier molecular flexibility index (Phi) is 21.7. The van der Waals surface area contributed by atoms with Gasteiger partial charge in [-0.3, -0.25) is 24.2 Å². The van der Waals surface area contributed by atoms with Crippen LogP contribution in [0.15, 0.2) is 46.0 Å². The zero-order valence-electron chi connectivity index (χ0n) is 42.6. The van der Waals surface area contributed by atoms with Crippen molar-refractivity contribution in [3.05, 3.63) is 51.9 Å². The van der Waals surface area contributed by atoms with Crippen LogP contribution in [0.25, 0.3) is 10.4 Å². The molecular formula is C51H80N8O8S. The second-order valence-electron chi connectivity index (χ2n) is 20.5. The molecule has 1 aromatic carbocycles. The SMILES string of the molecule is CC[C@H](C)[C@H]1C(=O)N2CCC[C@H]2C(=O)O[C@H](C(C)(C)C)C[C@@H](C)C[C@H](O)[C@H](C)C2=N[C@@H](/C=C(\C)C(=O)N[C@@H](Cc3ccc(OCCCCCCCN=[N+]=[N-])cc3)C(=O)N(C)[C@@H](C)C(=O)N1C)CS2. The fraction of sp³-hybridized carbons (Fsp3) is 0.725. The van der Waals surface area contributed by atoms with Crippen LogP contribution in [-0.4, -0.2) is 136 Å². The maximum Gasteiger partial charge on any atom is 0.329 e. The lowest BCUT2D eigenvalue weighted by Gasteiger charge is -2.39. The molecule has 0 unspecified atom stereocenters. The number of benzene rings is 1. The maximum absolute atomic E-state index is 14.7. The molecule has 0 spiro atoms. The quantitative estimate of drug-likeness (QED) is 0.0647. The van der Waals surface area contributed by atoms with Crippen molar-refractivity contribution >= 4 is 46.4 Å². The number of aliphatic hydroxyl groups excluding tert-OH is 1. The van der Waals surface area contributed by atoms with Crippen molar-refractivity contribution in [3.8, 4) is 5.75 Å². The number of thioether (sulfide) groups is 1. The molecule has 0 aliphatic carbocycles. The van der Waals surface area contributed by atoms with Gasteiger partial charge in [-0.05, 0) is 92.9 Å². The molecule has 10 atom stereocenters. The Bertz CT molecular complexity index is 1980. The number of aliphatic hydroxyl groups is 1. The Morgan fingerprint density at radius 2 is 1.66 bits per heavy atom. The van der Waals surface area contributed by atoms with E-state index in [1.54, 1.807) is 43.6 Å². The highest BCUT2D eigenvalue weighted by Gasteiger charge is 2.45. The van der Waals surface area contributed by atoms with Crippen LogP contribution in [-0.2, 0) is 35.1 Å². The summed E-state index contributed by atoms with van der Waals surface area (Å²) in [5.74, 6) is -1.48. The van der Waals surface area contributed by atoms with Crippen LogP contribution in [0.3, 0.4) is 0 Å². The van der Waals surface area contributed by atoms with E-state index in [-0.39, 0.29) is 36.1 Å². The van der Waals surface area contributed by atoms with Crippen LogP contribution in [0.5, 0.6) is 5.75 Å². The van der Waals surface area contributed by atoms with Crippen LogP contribution < -0.4 is 10.1 Å². The van der Waals surface area contributed by atoms with E-state index < -0.39 is 65.5 Å². The number of unbranched alkanes of at least 4 members (excludes halogenated alkanes) is 4. The highest BCUT2D eigenvalue weighted by atomic mass is 32.2. The van der Waals surface area contributed by atoms with Crippen molar-refractivity contribution in [2.24, 2.45) is 33.3 Å². The summed E-state index contributed by atoms with van der Waals surface area (Å²) in [6.45, 7) is 18.6. The minimum atomic E-state index is -1.06. The van der Waals surface area contributed by atoms with Gasteiger partial charge in [-0.2, -0.15) is 0 Å². The first kappa shape index (κ1) is 56.0. The molecule has 17 heteroatoms. The summed E-state index contributed by atoms with van der Waals surface area (Å²) in [7, 11) is 3.11. The van der Waals surface area contributed by atoms with Gasteiger partial charge in [0.2, 0.25) is 23.6 Å². The molecule has 68 heavy (non-hydrogen) atoms. The van der Waals surface area contributed by atoms with Gasteiger partial charge in [-0.1, -0.05) is 97.5 Å². The van der Waals surface area contributed by atoms with Gasteiger partial charge >= 0.3 is 5.97 Å². The van der Waals surface area contributed by atoms with E-state index in [0.717, 1.165) is 42.7 Å². The zero-order chi connectivity index (χ0) is 50.3. The van der Waals surface area contributed by atoms with E-state index >= 15 is 0 Å². The molecule has 0 radical (unpaired) electrons. The highest BCUT2D eigenvalue weighted by Crippen LogP contribution is 2.34. The molecule has 2 bridgehead atoms. The van der Waals surface area contributed by atoms with E-state index in [1.807, 2.05) is 72.7 Å². The number of aliphatic imine (C=N–C) groups is 1. The third-order valence-electron chi connectivity index (χ3n) is 13.9. The fourth-order valence-corrected chi connectivity index (χ4v) is 10.3. The molecule has 0 aromatic heterocycles. The highest BCUT2D eigenvalue weighted by molar-refractivity contribution is 8.14. The molecular weight excluding hydrogens is 885 g/mol. The molecule has 2 N–H and O–H groups in total. The fourth-order valence-electron chi connectivity index (χ4n) is 9.12. The number of nitrogens with zero attached hydrogens (tertiary/aromatic N) is 7. The van der Waals surface area contributed by atoms with E-state index in [1.165, 1.54) is 16.8 Å². The lowest BCUT2D eigenvalue weighted by Crippen LogP contribution is -2.59. The Hall–Kier alpha value is -4.60. The van der Waals surface area contributed by atoms with Crippen molar-refractivity contribution in [3.63, 3.8) is 0 Å². The summed E-state index contributed by atoms with van der Waals surface area (Å²) >= 11 is 1.55. The summed E-state index contributed by atoms with van der Waals surface area (Å²) in [5, 5.41) is 18.8. The van der Waals surface area contributed by atoms with Crippen LogP contribution >= 0.6 is 11.8 Å². The number of hydrogen-bond donors (Lipinski definition) is 2. The first-order valence-electron chi connectivity index (χ1n) is 24.8. The van der Waals surface area contributed by atoms with Gasteiger partial charge in [-0.25, -0.2) is 4.79 Å². The van der Waals surface area contributed by atoms with Crippen LogP contribution in [0.4, 0.5) is 0 Å². The average molecular weight is 965 g/mol. The maximum atomic E-state index is 14.7. The smallest absolute Gasteiger partial charge is 0.329 e. The normalized spacial score (nSPS) is 28.9. The summed E-state index contributed by atoms with van der Waals surface area (Å²) in [4.78, 5) is 84.0. The van der Waals surface area contributed by atoms with Crippen molar-refractivity contribution in [1.29, 1.82) is 0 Å². The van der Waals surface area contributed by atoms with Gasteiger partial charge in [0.25, 0.3) is 0 Å². The van der Waals surface area contributed by atoms with Gasteiger partial charge in [0.05, 0.1) is 23.8 Å². The number of ether oxygens (including phenoxy) is 2. The minimum absolute atomic E-state index is 0.0141. The first-order valence-corrected chi connectivity index (χ1v) is 25.8. The molecule has 4 amide bonds. The van der Waals surface area contributed by atoms with Crippen LogP contribution in [0.2, 0.25) is 0 Å². The summed E-state index contributed by atoms with van der Waals surface area (Å²) in [5.41, 5.74) is 9.17. The average Bonchev–Trinajstić information content (AvgIpc) is 4.00. The largest absolute Gasteiger partial charge is 0.494 e. The van der Waals surface area contributed by atoms with Gasteiger partial charge in [0.15, 0.2) is 0 Å². The van der Waals surface area contributed by atoms with Gasteiger partial charge in [-0.15, -0.1) is 11.8 Å². The summed E-state index contributed by atoms with van der Waals surface area (Å²) in [6, 6.07) is 3.27. The van der Waals surface area contributed by atoms with Gasteiger partial charge in [0.1, 0.15) is 36.0 Å². The van der Waals surface area contributed by atoms with E-state index in [2.05, 4.69) is 15.3 Å². The number of carbonyl (C=O) groups is 5. The number of hydrogen-bond acceptors (Lipinski definition) is 11. The first-order chi connectivity index (χ1) is 32.2. The second-order valence-corrected chi connectivity index (χ2v) is 21.5. The van der Waals surface area contributed by atoms with Crippen LogP contribution in [0.1, 0.15) is 132 Å². The molecule has 1 saturated heterocycles. The predicted molar refractivity (Wildman–Crippen MR) is 268 cm³/mol. The number of nitrogens with one attached hydrogen (secondary N) is 1. The van der Waals surface area contributed by atoms with Crippen molar-refractivity contribution in [1.82, 2.24) is 20.0 Å². The van der Waals surface area contributed by atoms with E-state index in [4.69, 9.17) is 20.0 Å².